The highest BCUT2D eigenvalue weighted by molar-refractivity contribution is 7.07. The van der Waals surface area contributed by atoms with Gasteiger partial charge in [-0.25, -0.2) is 0 Å². The van der Waals surface area contributed by atoms with Gasteiger partial charge in [0.15, 0.2) is 0 Å². The van der Waals surface area contributed by atoms with Crippen LogP contribution < -0.4 is 10.5 Å². The first-order valence-corrected chi connectivity index (χ1v) is 6.43. The molecule has 0 saturated heterocycles. The summed E-state index contributed by atoms with van der Waals surface area (Å²) in [6.45, 7) is 0.547. The lowest BCUT2D eigenvalue weighted by molar-refractivity contribution is 0.477. The monoisotopic (exact) mass is 247 g/mol. The van der Waals surface area contributed by atoms with E-state index in [0.717, 1.165) is 17.1 Å². The van der Waals surface area contributed by atoms with Crippen LogP contribution in [0.5, 0.6) is 10.9 Å². The van der Waals surface area contributed by atoms with E-state index in [-0.39, 0.29) is 0 Å². The second-order valence-electron chi connectivity index (χ2n) is 4.14. The van der Waals surface area contributed by atoms with Crippen LogP contribution >= 0.6 is 11.5 Å². The Morgan fingerprint density at radius 2 is 2.06 bits per heavy atom. The molecular formula is C12H13N3OS. The Bertz CT molecular complexity index is 505. The zero-order valence-electron chi connectivity index (χ0n) is 9.30. The first-order chi connectivity index (χ1) is 8.35. The fourth-order valence-electron chi connectivity index (χ4n) is 1.56. The van der Waals surface area contributed by atoms with Gasteiger partial charge >= 0.3 is 0 Å². The highest BCUT2D eigenvalue weighted by atomic mass is 32.1. The highest BCUT2D eigenvalue weighted by Crippen LogP contribution is 2.40. The fourth-order valence-corrected chi connectivity index (χ4v) is 2.19. The lowest BCUT2D eigenvalue weighted by atomic mass is 10.2. The maximum atomic E-state index is 5.64. The van der Waals surface area contributed by atoms with E-state index in [1.165, 1.54) is 24.4 Å². The maximum Gasteiger partial charge on any atom is 0.298 e. The summed E-state index contributed by atoms with van der Waals surface area (Å²) in [6.07, 6.45) is 2.42. The summed E-state index contributed by atoms with van der Waals surface area (Å²) >= 11 is 1.31. The molecule has 0 amide bonds. The molecule has 1 aromatic carbocycles. The molecule has 0 radical (unpaired) electrons. The number of nitrogens with zero attached hydrogens (tertiary/aromatic N) is 2. The minimum Gasteiger partial charge on any atom is -0.430 e. The van der Waals surface area contributed by atoms with Crippen molar-refractivity contribution in [1.29, 1.82) is 0 Å². The van der Waals surface area contributed by atoms with Gasteiger partial charge in [0, 0.05) is 24.0 Å². The molecule has 1 heterocycles. The lowest BCUT2D eigenvalue weighted by Gasteiger charge is -2.01. The van der Waals surface area contributed by atoms with Crippen molar-refractivity contribution in [2.45, 2.75) is 25.3 Å². The molecule has 1 aromatic heterocycles. The zero-order valence-corrected chi connectivity index (χ0v) is 10.1. The molecule has 88 valence electrons. The van der Waals surface area contributed by atoms with Crippen molar-refractivity contribution in [1.82, 2.24) is 9.36 Å². The Hall–Kier alpha value is -1.46. The van der Waals surface area contributed by atoms with Gasteiger partial charge in [-0.3, -0.25) is 0 Å². The van der Waals surface area contributed by atoms with Crippen LogP contribution in [0.1, 0.15) is 30.1 Å². The fraction of sp³-hybridized carbons (Fsp3) is 0.333. The van der Waals surface area contributed by atoms with Crippen molar-refractivity contribution in [3.8, 4) is 10.9 Å². The van der Waals surface area contributed by atoms with E-state index in [1.54, 1.807) is 0 Å². The minimum atomic E-state index is 0.547. The van der Waals surface area contributed by atoms with Gasteiger partial charge in [-0.15, -0.1) is 0 Å². The van der Waals surface area contributed by atoms with Gasteiger partial charge in [-0.2, -0.15) is 9.36 Å². The molecule has 0 unspecified atom stereocenters. The molecule has 17 heavy (non-hydrogen) atoms. The topological polar surface area (TPSA) is 61.0 Å². The maximum absolute atomic E-state index is 5.64. The van der Waals surface area contributed by atoms with Gasteiger partial charge in [0.05, 0.1) is 0 Å². The van der Waals surface area contributed by atoms with Gasteiger partial charge in [0.25, 0.3) is 5.19 Å². The van der Waals surface area contributed by atoms with Gasteiger partial charge in [0.1, 0.15) is 11.6 Å². The van der Waals surface area contributed by atoms with Gasteiger partial charge in [0.2, 0.25) is 0 Å². The molecule has 5 heteroatoms. The normalized spacial score (nSPS) is 14.9. The summed E-state index contributed by atoms with van der Waals surface area (Å²) in [6, 6.07) is 7.72. The van der Waals surface area contributed by atoms with Crippen molar-refractivity contribution in [2.24, 2.45) is 5.73 Å². The smallest absolute Gasteiger partial charge is 0.298 e. The van der Waals surface area contributed by atoms with Crippen LogP contribution in [0.2, 0.25) is 0 Å². The van der Waals surface area contributed by atoms with Crippen molar-refractivity contribution in [2.75, 3.05) is 0 Å². The minimum absolute atomic E-state index is 0.547. The van der Waals surface area contributed by atoms with Crippen LogP contribution in [0.3, 0.4) is 0 Å². The van der Waals surface area contributed by atoms with Crippen LogP contribution in [-0.4, -0.2) is 9.36 Å². The summed E-state index contributed by atoms with van der Waals surface area (Å²) in [7, 11) is 0. The molecule has 0 aliphatic heterocycles. The number of nitrogens with two attached hydrogens (primary N) is 1. The number of benzene rings is 1. The Kier molecular flexibility index (Phi) is 2.78. The molecule has 3 rings (SSSR count). The molecule has 1 fully saturated rings. The van der Waals surface area contributed by atoms with Crippen molar-refractivity contribution in [3.05, 3.63) is 35.7 Å². The van der Waals surface area contributed by atoms with E-state index in [2.05, 4.69) is 9.36 Å². The van der Waals surface area contributed by atoms with Crippen LogP contribution in [0.4, 0.5) is 0 Å². The average molecular weight is 247 g/mol. The standard InChI is InChI=1S/C12H13N3OS/c13-7-8-1-5-10(6-2-8)16-12-14-11(15-17-12)9-3-4-9/h1-2,5-6,9H,3-4,7,13H2. The Balaban J connectivity index is 1.71. The second-order valence-corrected chi connectivity index (χ2v) is 4.86. The largest absolute Gasteiger partial charge is 0.430 e. The van der Waals surface area contributed by atoms with E-state index < -0.39 is 0 Å². The van der Waals surface area contributed by atoms with E-state index in [9.17, 15) is 0 Å². The quantitative estimate of drug-likeness (QED) is 0.902. The first kappa shape index (κ1) is 10.7. The van der Waals surface area contributed by atoms with Crippen LogP contribution in [0.15, 0.2) is 24.3 Å². The van der Waals surface area contributed by atoms with Gasteiger partial charge in [-0.1, -0.05) is 12.1 Å². The molecule has 1 aliphatic carbocycles. The number of hydrogen-bond donors (Lipinski definition) is 1. The third-order valence-corrected chi connectivity index (χ3v) is 3.34. The molecule has 1 aliphatic rings. The molecule has 0 bridgehead atoms. The van der Waals surface area contributed by atoms with Crippen molar-refractivity contribution in [3.63, 3.8) is 0 Å². The van der Waals surface area contributed by atoms with Crippen LogP contribution in [0, 0.1) is 0 Å². The van der Waals surface area contributed by atoms with E-state index >= 15 is 0 Å². The van der Waals surface area contributed by atoms with E-state index in [0.29, 0.717) is 17.7 Å². The molecule has 0 spiro atoms. The molecule has 4 nitrogen and oxygen atoms in total. The van der Waals surface area contributed by atoms with Crippen molar-refractivity contribution < 1.29 is 4.74 Å². The predicted octanol–water partition coefficient (Wildman–Crippen LogP) is 2.67. The molecule has 0 atom stereocenters. The SMILES string of the molecule is NCc1ccc(Oc2nc(C3CC3)ns2)cc1. The Morgan fingerprint density at radius 1 is 1.29 bits per heavy atom. The molecule has 1 saturated carbocycles. The Morgan fingerprint density at radius 3 is 2.71 bits per heavy atom. The van der Waals surface area contributed by atoms with Gasteiger partial charge < -0.3 is 10.5 Å². The first-order valence-electron chi connectivity index (χ1n) is 5.65. The third kappa shape index (κ3) is 2.45. The predicted molar refractivity (Wildman–Crippen MR) is 66.3 cm³/mol. The van der Waals surface area contributed by atoms with Crippen LogP contribution in [0.25, 0.3) is 0 Å². The zero-order chi connectivity index (χ0) is 11.7. The van der Waals surface area contributed by atoms with Gasteiger partial charge in [-0.05, 0) is 30.5 Å². The number of ether oxygens (including phenoxy) is 1. The summed E-state index contributed by atoms with van der Waals surface area (Å²) in [5, 5.41) is 0.618. The third-order valence-electron chi connectivity index (χ3n) is 2.73. The average Bonchev–Trinajstić information content (AvgIpc) is 3.12. The van der Waals surface area contributed by atoms with Crippen molar-refractivity contribution >= 4 is 11.5 Å². The summed E-state index contributed by atoms with van der Waals surface area (Å²) < 4.78 is 9.93. The van der Waals surface area contributed by atoms with Crippen LogP contribution in [-0.2, 0) is 6.54 Å². The lowest BCUT2D eigenvalue weighted by Crippen LogP contribution is -1.95. The summed E-state index contributed by atoms with van der Waals surface area (Å²) in [5.74, 6) is 2.28. The molecule has 2 N–H and O–H groups in total. The molecular weight excluding hydrogens is 234 g/mol. The number of aromatic nitrogens is 2. The Labute approximate surface area is 104 Å². The van der Waals surface area contributed by atoms with E-state index in [1.807, 2.05) is 24.3 Å². The second kappa shape index (κ2) is 4.43. The van der Waals surface area contributed by atoms with E-state index in [4.69, 9.17) is 10.5 Å². The molecule has 2 aromatic rings. The number of hydrogen-bond acceptors (Lipinski definition) is 5. The highest BCUT2D eigenvalue weighted by Gasteiger charge is 2.28. The number of rotatable bonds is 4. The summed E-state index contributed by atoms with van der Waals surface area (Å²) in [5.41, 5.74) is 6.63. The summed E-state index contributed by atoms with van der Waals surface area (Å²) in [4.78, 5) is 4.37.